The zero-order valence-electron chi connectivity index (χ0n) is 16.2. The fourth-order valence-corrected chi connectivity index (χ4v) is 3.67. The number of hydrogen-bond donors (Lipinski definition) is 2. The van der Waals surface area contributed by atoms with Crippen molar-refractivity contribution in [1.29, 1.82) is 0 Å². The van der Waals surface area contributed by atoms with Gasteiger partial charge in [-0.15, -0.1) is 18.3 Å². The molecule has 0 radical (unpaired) electrons. The third-order valence-corrected chi connectivity index (χ3v) is 5.60. The molecule has 0 aliphatic heterocycles. The third-order valence-electron chi connectivity index (χ3n) is 4.26. The van der Waals surface area contributed by atoms with Gasteiger partial charge in [-0.1, -0.05) is 41.9 Å². The first-order valence-electron chi connectivity index (χ1n) is 9.33. The lowest BCUT2D eigenvalue weighted by atomic mass is 10.1. The van der Waals surface area contributed by atoms with Crippen LogP contribution in [0.3, 0.4) is 0 Å². The molecule has 0 atom stereocenters. The van der Waals surface area contributed by atoms with E-state index in [-0.39, 0.29) is 11.8 Å². The SMILES string of the molecule is C=CCNC(=O)c1ccccc1NC(=O)c1ccc(CSc2ccc(Cl)cc2)cc1. The van der Waals surface area contributed by atoms with E-state index in [9.17, 15) is 9.59 Å². The molecule has 3 rings (SSSR count). The second kappa shape index (κ2) is 10.7. The second-order valence-electron chi connectivity index (χ2n) is 6.44. The first-order chi connectivity index (χ1) is 14.6. The highest BCUT2D eigenvalue weighted by molar-refractivity contribution is 7.98. The average molecular weight is 437 g/mol. The lowest BCUT2D eigenvalue weighted by Crippen LogP contribution is -2.25. The van der Waals surface area contributed by atoms with Crippen LogP contribution in [0, 0.1) is 0 Å². The van der Waals surface area contributed by atoms with E-state index >= 15 is 0 Å². The van der Waals surface area contributed by atoms with Crippen LogP contribution >= 0.6 is 23.4 Å². The van der Waals surface area contributed by atoms with Crippen molar-refractivity contribution in [2.24, 2.45) is 0 Å². The Morgan fingerprint density at radius 2 is 1.63 bits per heavy atom. The number of carbonyl (C=O) groups is 2. The Labute approximate surface area is 185 Å². The summed E-state index contributed by atoms with van der Waals surface area (Å²) in [5, 5.41) is 6.26. The number of anilines is 1. The summed E-state index contributed by atoms with van der Waals surface area (Å²) in [4.78, 5) is 26.1. The zero-order chi connectivity index (χ0) is 21.3. The van der Waals surface area contributed by atoms with Crippen LogP contribution in [0.2, 0.25) is 5.02 Å². The number of nitrogens with one attached hydrogen (secondary N) is 2. The number of benzene rings is 3. The minimum Gasteiger partial charge on any atom is -0.349 e. The van der Waals surface area contributed by atoms with Crippen molar-refractivity contribution in [2.75, 3.05) is 11.9 Å². The quantitative estimate of drug-likeness (QED) is 0.346. The summed E-state index contributed by atoms with van der Waals surface area (Å²) in [6, 6.07) is 22.0. The van der Waals surface area contributed by atoms with Crippen molar-refractivity contribution >= 4 is 40.9 Å². The average Bonchev–Trinajstić information content (AvgIpc) is 2.77. The van der Waals surface area contributed by atoms with Crippen LogP contribution in [-0.2, 0) is 5.75 Å². The first-order valence-corrected chi connectivity index (χ1v) is 10.7. The molecule has 0 aliphatic carbocycles. The maximum atomic E-state index is 12.6. The van der Waals surface area contributed by atoms with Gasteiger partial charge in [-0.25, -0.2) is 0 Å². The first kappa shape index (κ1) is 21.7. The molecule has 0 spiro atoms. The number of carbonyl (C=O) groups excluding carboxylic acids is 2. The van der Waals surface area contributed by atoms with Crippen LogP contribution in [-0.4, -0.2) is 18.4 Å². The summed E-state index contributed by atoms with van der Waals surface area (Å²) >= 11 is 7.61. The maximum Gasteiger partial charge on any atom is 0.255 e. The maximum absolute atomic E-state index is 12.6. The van der Waals surface area contributed by atoms with E-state index < -0.39 is 0 Å². The Balaban J connectivity index is 1.63. The van der Waals surface area contributed by atoms with E-state index in [1.807, 2.05) is 36.4 Å². The summed E-state index contributed by atoms with van der Waals surface area (Å²) in [5.41, 5.74) is 2.50. The van der Waals surface area contributed by atoms with E-state index in [2.05, 4.69) is 17.2 Å². The minimum absolute atomic E-state index is 0.264. The highest BCUT2D eigenvalue weighted by atomic mass is 35.5. The zero-order valence-corrected chi connectivity index (χ0v) is 17.8. The van der Waals surface area contributed by atoms with Crippen LogP contribution in [0.15, 0.2) is 90.3 Å². The molecular weight excluding hydrogens is 416 g/mol. The van der Waals surface area contributed by atoms with Crippen molar-refractivity contribution < 1.29 is 9.59 Å². The van der Waals surface area contributed by atoms with Gasteiger partial charge in [-0.3, -0.25) is 9.59 Å². The number of hydrogen-bond acceptors (Lipinski definition) is 3. The predicted molar refractivity (Wildman–Crippen MR) is 124 cm³/mol. The molecule has 0 saturated carbocycles. The number of halogens is 1. The molecule has 0 bridgehead atoms. The van der Waals surface area contributed by atoms with Crippen molar-refractivity contribution in [1.82, 2.24) is 5.32 Å². The Bertz CT molecular complexity index is 1030. The van der Waals surface area contributed by atoms with Crippen LogP contribution < -0.4 is 10.6 Å². The van der Waals surface area contributed by atoms with Gasteiger partial charge in [0.05, 0.1) is 11.3 Å². The van der Waals surface area contributed by atoms with Gasteiger partial charge in [-0.2, -0.15) is 0 Å². The van der Waals surface area contributed by atoms with Crippen LogP contribution in [0.25, 0.3) is 0 Å². The van der Waals surface area contributed by atoms with E-state index in [0.29, 0.717) is 23.4 Å². The highest BCUT2D eigenvalue weighted by Gasteiger charge is 2.13. The monoisotopic (exact) mass is 436 g/mol. The number of amides is 2. The lowest BCUT2D eigenvalue weighted by Gasteiger charge is -2.11. The van der Waals surface area contributed by atoms with E-state index in [0.717, 1.165) is 21.2 Å². The topological polar surface area (TPSA) is 58.2 Å². The molecule has 0 saturated heterocycles. The van der Waals surface area contributed by atoms with Gasteiger partial charge >= 0.3 is 0 Å². The van der Waals surface area contributed by atoms with Crippen LogP contribution in [0.1, 0.15) is 26.3 Å². The standard InChI is InChI=1S/C24H21ClN2O2S/c1-2-15-26-24(29)21-5-3-4-6-22(21)27-23(28)18-9-7-17(8-10-18)16-30-20-13-11-19(25)12-14-20/h2-14H,1,15-16H2,(H,26,29)(H,27,28). The summed E-state index contributed by atoms with van der Waals surface area (Å²) in [6.45, 7) is 3.94. The molecule has 152 valence electrons. The van der Waals surface area contributed by atoms with E-state index in [1.165, 1.54) is 0 Å². The Kier molecular flexibility index (Phi) is 7.71. The van der Waals surface area contributed by atoms with Gasteiger partial charge in [0.2, 0.25) is 0 Å². The molecule has 2 N–H and O–H groups in total. The number of thioether (sulfide) groups is 1. The molecule has 0 fully saturated rings. The van der Waals surface area contributed by atoms with Gasteiger partial charge in [0.25, 0.3) is 11.8 Å². The third kappa shape index (κ3) is 5.99. The summed E-state index contributed by atoms with van der Waals surface area (Å²) in [7, 11) is 0. The minimum atomic E-state index is -0.268. The van der Waals surface area contributed by atoms with Crippen molar-refractivity contribution in [3.05, 3.63) is 107 Å². The number of rotatable bonds is 8. The van der Waals surface area contributed by atoms with Crippen LogP contribution in [0.4, 0.5) is 5.69 Å². The second-order valence-corrected chi connectivity index (χ2v) is 7.92. The molecule has 6 heteroatoms. The van der Waals surface area contributed by atoms with Crippen LogP contribution in [0.5, 0.6) is 0 Å². The van der Waals surface area contributed by atoms with Crippen molar-refractivity contribution in [3.8, 4) is 0 Å². The molecule has 0 aliphatic rings. The number of para-hydroxylation sites is 1. The molecule has 30 heavy (non-hydrogen) atoms. The molecule has 3 aromatic carbocycles. The largest absolute Gasteiger partial charge is 0.349 e. The molecule has 3 aromatic rings. The fourth-order valence-electron chi connectivity index (χ4n) is 2.69. The predicted octanol–water partition coefficient (Wildman–Crippen LogP) is 5.80. The Morgan fingerprint density at radius 1 is 0.933 bits per heavy atom. The van der Waals surface area contributed by atoms with Gasteiger partial charge in [0.15, 0.2) is 0 Å². The normalized spacial score (nSPS) is 10.3. The van der Waals surface area contributed by atoms with Gasteiger partial charge in [0, 0.05) is 27.8 Å². The highest BCUT2D eigenvalue weighted by Crippen LogP contribution is 2.24. The Hall–Kier alpha value is -3.02. The Morgan fingerprint density at radius 3 is 2.33 bits per heavy atom. The summed E-state index contributed by atoms with van der Waals surface area (Å²) in [6.07, 6.45) is 1.60. The molecular formula is C24H21ClN2O2S. The van der Waals surface area contributed by atoms with Crippen molar-refractivity contribution in [2.45, 2.75) is 10.6 Å². The molecule has 4 nitrogen and oxygen atoms in total. The molecule has 0 aromatic heterocycles. The van der Waals surface area contributed by atoms with E-state index in [4.69, 9.17) is 11.6 Å². The van der Waals surface area contributed by atoms with Gasteiger partial charge in [0.1, 0.15) is 0 Å². The molecule has 0 unspecified atom stereocenters. The molecule has 2 amide bonds. The van der Waals surface area contributed by atoms with Crippen molar-refractivity contribution in [3.63, 3.8) is 0 Å². The summed E-state index contributed by atoms with van der Waals surface area (Å²) in [5.74, 6) is 0.256. The molecule has 0 heterocycles. The van der Waals surface area contributed by atoms with E-state index in [1.54, 1.807) is 54.2 Å². The smallest absolute Gasteiger partial charge is 0.255 e. The lowest BCUT2D eigenvalue weighted by molar-refractivity contribution is 0.0959. The summed E-state index contributed by atoms with van der Waals surface area (Å²) < 4.78 is 0. The van der Waals surface area contributed by atoms with Gasteiger partial charge < -0.3 is 10.6 Å². The van der Waals surface area contributed by atoms with Gasteiger partial charge in [-0.05, 0) is 54.1 Å². The fraction of sp³-hybridized carbons (Fsp3) is 0.0833.